The van der Waals surface area contributed by atoms with Gasteiger partial charge in [0, 0.05) is 5.38 Å². The zero-order valence-corrected chi connectivity index (χ0v) is 11.0. The predicted octanol–water partition coefficient (Wildman–Crippen LogP) is 1.39. The predicted molar refractivity (Wildman–Crippen MR) is 67.1 cm³/mol. The van der Waals surface area contributed by atoms with Crippen LogP contribution in [0.5, 0.6) is 0 Å². The number of carbonyl (C=O) groups is 1. The van der Waals surface area contributed by atoms with Gasteiger partial charge in [-0.1, -0.05) is 0 Å². The third kappa shape index (κ3) is 2.93. The summed E-state index contributed by atoms with van der Waals surface area (Å²) in [6, 6.07) is -0.161. The van der Waals surface area contributed by atoms with Crippen LogP contribution in [0.3, 0.4) is 0 Å². The highest BCUT2D eigenvalue weighted by Crippen LogP contribution is 2.15. The molecule has 0 fully saturated rings. The van der Waals surface area contributed by atoms with Crippen molar-refractivity contribution in [2.45, 2.75) is 26.4 Å². The summed E-state index contributed by atoms with van der Waals surface area (Å²) in [5.41, 5.74) is 6.06. The second-order valence-electron chi connectivity index (χ2n) is 3.91. The molecule has 0 saturated heterocycles. The lowest BCUT2D eigenvalue weighted by molar-refractivity contribution is 0.0942. The van der Waals surface area contributed by atoms with Crippen molar-refractivity contribution in [1.29, 1.82) is 0 Å². The van der Waals surface area contributed by atoms with E-state index in [1.54, 1.807) is 18.5 Å². The van der Waals surface area contributed by atoms with Crippen molar-refractivity contribution >= 4 is 17.2 Å². The molecule has 1 atom stereocenters. The van der Waals surface area contributed by atoms with Gasteiger partial charge in [0.1, 0.15) is 16.5 Å². The summed E-state index contributed by atoms with van der Waals surface area (Å²) in [5.74, 6) is 0.935. The summed E-state index contributed by atoms with van der Waals surface area (Å²) in [7, 11) is 0. The molecule has 6 nitrogen and oxygen atoms in total. The van der Waals surface area contributed by atoms with Gasteiger partial charge in [-0.05, 0) is 13.8 Å². The first-order chi connectivity index (χ1) is 8.56. The topological polar surface area (TPSA) is 94.0 Å². The summed E-state index contributed by atoms with van der Waals surface area (Å²) >= 11 is 1.38. The Morgan fingerprint density at radius 3 is 3.00 bits per heavy atom. The van der Waals surface area contributed by atoms with Crippen LogP contribution in [0.25, 0.3) is 0 Å². The average Bonchev–Trinajstić information content (AvgIpc) is 2.94. The third-order valence-corrected chi connectivity index (χ3v) is 3.26. The highest BCUT2D eigenvalue weighted by Gasteiger charge is 2.13. The van der Waals surface area contributed by atoms with E-state index in [-0.39, 0.29) is 18.5 Å². The molecule has 0 aliphatic heterocycles. The van der Waals surface area contributed by atoms with Crippen molar-refractivity contribution in [3.8, 4) is 0 Å². The first-order valence-electron chi connectivity index (χ1n) is 5.47. The van der Waals surface area contributed by atoms with E-state index in [0.29, 0.717) is 17.3 Å². The fourth-order valence-electron chi connectivity index (χ4n) is 1.33. The lowest BCUT2D eigenvalue weighted by Gasteiger charge is -2.00. The molecule has 0 saturated carbocycles. The molecule has 18 heavy (non-hydrogen) atoms. The fraction of sp³-hybridized carbons (Fsp3) is 0.364. The number of hydrogen-bond donors (Lipinski definition) is 2. The van der Waals surface area contributed by atoms with Gasteiger partial charge in [0.25, 0.3) is 5.91 Å². The monoisotopic (exact) mass is 266 g/mol. The highest BCUT2D eigenvalue weighted by atomic mass is 32.1. The zero-order chi connectivity index (χ0) is 13.1. The molecule has 0 bridgehead atoms. The molecule has 0 aliphatic rings. The van der Waals surface area contributed by atoms with Gasteiger partial charge in [-0.25, -0.2) is 9.97 Å². The number of rotatable bonds is 4. The number of aromatic nitrogens is 2. The second-order valence-corrected chi connectivity index (χ2v) is 4.80. The Kier molecular flexibility index (Phi) is 3.73. The van der Waals surface area contributed by atoms with Crippen LogP contribution < -0.4 is 11.1 Å². The van der Waals surface area contributed by atoms with Gasteiger partial charge in [0.2, 0.25) is 5.89 Å². The summed E-state index contributed by atoms with van der Waals surface area (Å²) in [5, 5.41) is 5.12. The second kappa shape index (κ2) is 5.28. The first-order valence-corrected chi connectivity index (χ1v) is 6.34. The number of aryl methyl sites for hydroxylation is 1. The number of thiazole rings is 1. The van der Waals surface area contributed by atoms with Gasteiger partial charge in [-0.15, -0.1) is 11.3 Å². The van der Waals surface area contributed by atoms with E-state index < -0.39 is 0 Å². The summed E-state index contributed by atoms with van der Waals surface area (Å²) < 4.78 is 5.25. The molecule has 0 spiro atoms. The first kappa shape index (κ1) is 12.7. The molecule has 0 aromatic carbocycles. The largest absolute Gasteiger partial charge is 0.444 e. The maximum absolute atomic E-state index is 11.8. The van der Waals surface area contributed by atoms with Crippen molar-refractivity contribution in [2.24, 2.45) is 5.73 Å². The summed E-state index contributed by atoms with van der Waals surface area (Å²) in [6.45, 7) is 3.88. The molecule has 2 aromatic rings. The van der Waals surface area contributed by atoms with Crippen molar-refractivity contribution in [2.75, 3.05) is 0 Å². The minimum Gasteiger partial charge on any atom is -0.444 e. The SMILES string of the molecule is Cc1cnc(CNC(=O)c2csc(C(C)N)n2)o1. The van der Waals surface area contributed by atoms with Crippen LogP contribution in [0.4, 0.5) is 0 Å². The molecular weight excluding hydrogens is 252 g/mol. The number of nitrogens with one attached hydrogen (secondary N) is 1. The van der Waals surface area contributed by atoms with Crippen molar-refractivity contribution in [3.05, 3.63) is 33.9 Å². The minimum absolute atomic E-state index is 0.161. The average molecular weight is 266 g/mol. The van der Waals surface area contributed by atoms with Crippen LogP contribution in [0.2, 0.25) is 0 Å². The number of nitrogens with zero attached hydrogens (tertiary/aromatic N) is 2. The zero-order valence-electron chi connectivity index (χ0n) is 10.1. The number of carbonyl (C=O) groups excluding carboxylic acids is 1. The van der Waals surface area contributed by atoms with Crippen molar-refractivity contribution < 1.29 is 9.21 Å². The number of hydrogen-bond acceptors (Lipinski definition) is 6. The van der Waals surface area contributed by atoms with Gasteiger partial charge < -0.3 is 15.5 Å². The van der Waals surface area contributed by atoms with Gasteiger partial charge >= 0.3 is 0 Å². The summed E-state index contributed by atoms with van der Waals surface area (Å²) in [4.78, 5) is 19.9. The molecule has 1 unspecified atom stereocenters. The molecule has 2 aromatic heterocycles. The van der Waals surface area contributed by atoms with E-state index in [2.05, 4.69) is 15.3 Å². The van der Waals surface area contributed by atoms with E-state index in [0.717, 1.165) is 5.01 Å². The Labute approximate surface area is 108 Å². The number of oxazole rings is 1. The van der Waals surface area contributed by atoms with Gasteiger partial charge in [0.15, 0.2) is 0 Å². The van der Waals surface area contributed by atoms with E-state index in [1.807, 2.05) is 6.92 Å². The van der Waals surface area contributed by atoms with Crippen LogP contribution in [-0.4, -0.2) is 15.9 Å². The normalized spacial score (nSPS) is 12.4. The van der Waals surface area contributed by atoms with Gasteiger partial charge in [-0.2, -0.15) is 0 Å². The van der Waals surface area contributed by atoms with E-state index >= 15 is 0 Å². The highest BCUT2D eigenvalue weighted by molar-refractivity contribution is 7.09. The number of amides is 1. The van der Waals surface area contributed by atoms with E-state index in [4.69, 9.17) is 10.2 Å². The quantitative estimate of drug-likeness (QED) is 0.872. The molecule has 0 radical (unpaired) electrons. The lowest BCUT2D eigenvalue weighted by atomic mass is 10.4. The maximum atomic E-state index is 11.8. The van der Waals surface area contributed by atoms with Gasteiger partial charge in [0.05, 0.1) is 18.8 Å². The Morgan fingerprint density at radius 1 is 1.67 bits per heavy atom. The van der Waals surface area contributed by atoms with Crippen LogP contribution in [0.1, 0.15) is 40.1 Å². The van der Waals surface area contributed by atoms with Crippen LogP contribution >= 0.6 is 11.3 Å². The summed E-state index contributed by atoms with van der Waals surface area (Å²) in [6.07, 6.45) is 1.61. The smallest absolute Gasteiger partial charge is 0.271 e. The van der Waals surface area contributed by atoms with Crippen LogP contribution in [-0.2, 0) is 6.54 Å². The standard InChI is InChI=1S/C11H14N4O2S/c1-6-3-13-9(17-6)4-14-10(16)8-5-18-11(15-8)7(2)12/h3,5,7H,4,12H2,1-2H3,(H,14,16). The third-order valence-electron chi connectivity index (χ3n) is 2.21. The lowest BCUT2D eigenvalue weighted by Crippen LogP contribution is -2.23. The molecule has 2 rings (SSSR count). The van der Waals surface area contributed by atoms with E-state index in [9.17, 15) is 4.79 Å². The molecule has 0 aliphatic carbocycles. The maximum Gasteiger partial charge on any atom is 0.271 e. The minimum atomic E-state index is -0.256. The Bertz CT molecular complexity index is 547. The molecule has 7 heteroatoms. The fourth-order valence-corrected chi connectivity index (χ4v) is 2.09. The van der Waals surface area contributed by atoms with Gasteiger partial charge in [-0.3, -0.25) is 4.79 Å². The molecule has 1 amide bonds. The van der Waals surface area contributed by atoms with Crippen LogP contribution in [0.15, 0.2) is 16.0 Å². The Balaban J connectivity index is 1.95. The molecule has 96 valence electrons. The molecular formula is C11H14N4O2S. The van der Waals surface area contributed by atoms with Crippen molar-refractivity contribution in [3.63, 3.8) is 0 Å². The Hall–Kier alpha value is -1.73. The number of nitrogens with two attached hydrogens (primary N) is 1. The molecule has 3 N–H and O–H groups in total. The van der Waals surface area contributed by atoms with E-state index in [1.165, 1.54) is 11.3 Å². The van der Waals surface area contributed by atoms with Crippen molar-refractivity contribution in [1.82, 2.24) is 15.3 Å². The molecule has 2 heterocycles. The van der Waals surface area contributed by atoms with Crippen LogP contribution in [0, 0.1) is 6.92 Å². The Morgan fingerprint density at radius 2 is 2.44 bits per heavy atom.